The number of benzene rings is 7. The average Bonchev–Trinajstić information content (AvgIpc) is 3.62. The zero-order valence-electron chi connectivity index (χ0n) is 35.1. The fourth-order valence-electron chi connectivity index (χ4n) is 5.06. The summed E-state index contributed by atoms with van der Waals surface area (Å²) in [6, 6.07) is 5.91. The normalized spacial score (nSPS) is 17.0. The summed E-state index contributed by atoms with van der Waals surface area (Å²) in [5, 5.41) is -1.31. The van der Waals surface area contributed by atoms with E-state index in [-0.39, 0.29) is 43.8 Å². The summed E-state index contributed by atoms with van der Waals surface area (Å²) in [5.74, 6) is 0.466. The van der Waals surface area contributed by atoms with Crippen LogP contribution in [0, 0.1) is 0 Å². The molecule has 0 saturated heterocycles. The molecule has 1 heterocycles. The molecule has 0 spiro atoms. The molecule has 1 heteroatoms. The lowest BCUT2D eigenvalue weighted by Gasteiger charge is -2.18. The molecule has 7 aromatic carbocycles. The summed E-state index contributed by atoms with van der Waals surface area (Å²) >= 11 is 0. The van der Waals surface area contributed by atoms with Gasteiger partial charge in [-0.05, 0) is 55.6 Å². The maximum Gasteiger partial charge on any atom is 0.142 e. The highest BCUT2D eigenvalue weighted by Crippen LogP contribution is 2.46. The van der Waals surface area contributed by atoms with Gasteiger partial charge in [0, 0.05) is 22.1 Å². The second-order valence-electron chi connectivity index (χ2n) is 8.95. The fourth-order valence-corrected chi connectivity index (χ4v) is 5.06. The van der Waals surface area contributed by atoms with Crippen LogP contribution in [0.4, 0.5) is 0 Å². The molecule has 0 bridgehead atoms. The van der Waals surface area contributed by atoms with Crippen LogP contribution in [-0.4, -0.2) is 0 Å². The molecule has 182 valence electrons. The minimum atomic E-state index is -0.742. The molecular weight excluding hydrogens is 472 g/mol. The zero-order chi connectivity index (χ0) is 38.8. The van der Waals surface area contributed by atoms with Crippen LogP contribution in [0.3, 0.4) is 0 Å². The molecule has 0 aliphatic carbocycles. The van der Waals surface area contributed by atoms with Crippen LogP contribution in [0.25, 0.3) is 76.9 Å². The third kappa shape index (κ3) is 3.48. The van der Waals surface area contributed by atoms with Crippen LogP contribution < -0.4 is 0 Å². The molecule has 0 amide bonds. The summed E-state index contributed by atoms with van der Waals surface area (Å²) in [4.78, 5) is 0. The minimum Gasteiger partial charge on any atom is -0.455 e. The van der Waals surface area contributed by atoms with Crippen LogP contribution in [0.2, 0.25) is 0 Å². The van der Waals surface area contributed by atoms with Crippen LogP contribution in [0.5, 0.6) is 0 Å². The summed E-state index contributed by atoms with van der Waals surface area (Å²) < 4.78 is 139. The topological polar surface area (TPSA) is 13.1 Å². The van der Waals surface area contributed by atoms with E-state index in [2.05, 4.69) is 0 Å². The van der Waals surface area contributed by atoms with Gasteiger partial charge in [0.25, 0.3) is 0 Å². The zero-order valence-corrected chi connectivity index (χ0v) is 20.1. The summed E-state index contributed by atoms with van der Waals surface area (Å²) in [5.41, 5.74) is 0.323. The number of furan rings is 1. The van der Waals surface area contributed by atoms with Gasteiger partial charge in [0.1, 0.15) is 11.3 Å². The van der Waals surface area contributed by atoms with E-state index >= 15 is 0 Å². The van der Waals surface area contributed by atoms with Crippen LogP contribution in [0.15, 0.2) is 150 Å². The maximum atomic E-state index is 9.37. The van der Waals surface area contributed by atoms with Crippen LogP contribution >= 0.6 is 0 Å². The van der Waals surface area contributed by atoms with Crippen molar-refractivity contribution in [2.24, 2.45) is 0 Å². The van der Waals surface area contributed by atoms with E-state index in [0.29, 0.717) is 11.1 Å². The Morgan fingerprint density at radius 3 is 1.85 bits per heavy atom. The van der Waals surface area contributed by atoms with E-state index in [1.807, 2.05) is 30.3 Å². The van der Waals surface area contributed by atoms with Gasteiger partial charge in [0.05, 0.1) is 20.6 Å². The first-order valence-electron chi connectivity index (χ1n) is 19.6. The number of hydrogen-bond acceptors (Lipinski definition) is 1. The third-order valence-corrected chi connectivity index (χ3v) is 6.75. The van der Waals surface area contributed by atoms with Crippen molar-refractivity contribution in [3.63, 3.8) is 0 Å². The van der Waals surface area contributed by atoms with Gasteiger partial charge in [-0.15, -0.1) is 0 Å². The summed E-state index contributed by atoms with van der Waals surface area (Å²) in [6.45, 7) is 0. The number of rotatable bonds is 3. The Bertz CT molecular complexity index is 2910. The van der Waals surface area contributed by atoms with Crippen molar-refractivity contribution in [1.82, 2.24) is 0 Å². The highest BCUT2D eigenvalue weighted by molar-refractivity contribution is 6.23. The van der Waals surface area contributed by atoms with Crippen molar-refractivity contribution in [2.45, 2.75) is 0 Å². The third-order valence-electron chi connectivity index (χ3n) is 6.75. The van der Waals surface area contributed by atoms with E-state index in [1.54, 1.807) is 24.3 Å². The molecule has 8 aromatic rings. The SMILES string of the molecule is [2H]c1c([2H])c([2H])c2c([2H])c(-c3c4c([2H])c([2H])c([2H])c([2H])c4c(-c4cccc5cc(-c6ccccc6)oc45)c4c([2H])c([2H])c([2H])c([2H])c34)c([2H])c([2H])c2c1[2H]. The van der Waals surface area contributed by atoms with Gasteiger partial charge in [0.15, 0.2) is 0 Å². The lowest BCUT2D eigenvalue weighted by molar-refractivity contribution is 0.632. The first-order valence-corrected chi connectivity index (χ1v) is 12.1. The Hall–Kier alpha value is -5.14. The smallest absolute Gasteiger partial charge is 0.142 e. The molecule has 0 aliphatic heterocycles. The van der Waals surface area contributed by atoms with E-state index < -0.39 is 107 Å². The lowest BCUT2D eigenvalue weighted by Crippen LogP contribution is -1.91. The van der Waals surface area contributed by atoms with Gasteiger partial charge < -0.3 is 4.42 Å². The quantitative estimate of drug-likeness (QED) is 0.215. The van der Waals surface area contributed by atoms with Crippen molar-refractivity contribution >= 4 is 43.3 Å². The molecule has 0 fully saturated rings. The molecule has 8 rings (SSSR count). The van der Waals surface area contributed by atoms with E-state index in [0.717, 1.165) is 5.56 Å². The van der Waals surface area contributed by atoms with E-state index in [1.165, 1.54) is 0 Å². The maximum absolute atomic E-state index is 9.37. The number of fused-ring (bicyclic) bond motifs is 4. The number of hydrogen-bond donors (Lipinski definition) is 0. The molecule has 1 nitrogen and oxygen atoms in total. The second kappa shape index (κ2) is 8.72. The van der Waals surface area contributed by atoms with Crippen molar-refractivity contribution in [3.05, 3.63) is 145 Å². The second-order valence-corrected chi connectivity index (χ2v) is 8.95. The lowest BCUT2D eigenvalue weighted by atomic mass is 9.85. The first kappa shape index (κ1) is 11.7. The van der Waals surface area contributed by atoms with Crippen molar-refractivity contribution < 1.29 is 25.0 Å². The van der Waals surface area contributed by atoms with Gasteiger partial charge in [-0.1, -0.05) is 133 Å². The standard InChI is InChI=1S/C38H24O/c1-2-12-26(13-3-1)35-24-29-15-10-20-34(38(29)39-35)37-32-18-8-6-16-30(32)36(31-17-7-9-19-33(31)37)28-22-21-25-11-4-5-14-27(25)23-28/h1-24H/i4D,5D,6D,7D,8D,9D,11D,14D,16D,17D,18D,19D,21D,22D,23D. The first-order chi connectivity index (χ1) is 25.6. The Balaban J connectivity index is 1.69. The Morgan fingerprint density at radius 1 is 0.487 bits per heavy atom. The van der Waals surface area contributed by atoms with Crippen molar-refractivity contribution in [2.75, 3.05) is 0 Å². The molecule has 39 heavy (non-hydrogen) atoms. The number of para-hydroxylation sites is 1. The van der Waals surface area contributed by atoms with Crippen LogP contribution in [0.1, 0.15) is 20.6 Å². The largest absolute Gasteiger partial charge is 0.455 e. The average molecular weight is 512 g/mol. The molecule has 0 saturated carbocycles. The Kier molecular flexibility index (Phi) is 2.62. The molecule has 0 N–H and O–H groups in total. The van der Waals surface area contributed by atoms with E-state index in [4.69, 9.17) is 16.8 Å². The predicted octanol–water partition coefficient (Wildman–Crippen LogP) is 10.9. The van der Waals surface area contributed by atoms with Crippen LogP contribution in [-0.2, 0) is 0 Å². The van der Waals surface area contributed by atoms with Crippen molar-refractivity contribution in [3.8, 4) is 33.6 Å². The Morgan fingerprint density at radius 2 is 1.13 bits per heavy atom. The molecule has 0 aliphatic rings. The molecule has 0 radical (unpaired) electrons. The van der Waals surface area contributed by atoms with E-state index in [9.17, 15) is 8.22 Å². The molecule has 1 aromatic heterocycles. The van der Waals surface area contributed by atoms with Gasteiger partial charge in [0.2, 0.25) is 0 Å². The van der Waals surface area contributed by atoms with Gasteiger partial charge in [-0.25, -0.2) is 0 Å². The van der Waals surface area contributed by atoms with Gasteiger partial charge in [-0.3, -0.25) is 0 Å². The molecular formula is C38H24O. The Labute approximate surface area is 247 Å². The summed E-state index contributed by atoms with van der Waals surface area (Å²) in [6.07, 6.45) is 0. The minimum absolute atomic E-state index is 0.0193. The van der Waals surface area contributed by atoms with Gasteiger partial charge >= 0.3 is 0 Å². The predicted molar refractivity (Wildman–Crippen MR) is 165 cm³/mol. The summed E-state index contributed by atoms with van der Waals surface area (Å²) in [7, 11) is 0. The van der Waals surface area contributed by atoms with Gasteiger partial charge in [-0.2, -0.15) is 0 Å². The highest BCUT2D eigenvalue weighted by atomic mass is 16.3. The van der Waals surface area contributed by atoms with Crippen molar-refractivity contribution in [1.29, 1.82) is 0 Å². The monoisotopic (exact) mass is 511 g/mol. The fraction of sp³-hybridized carbons (Fsp3) is 0. The molecule has 0 unspecified atom stereocenters. The molecule has 0 atom stereocenters. The highest BCUT2D eigenvalue weighted by Gasteiger charge is 2.19.